The van der Waals surface area contributed by atoms with Crippen molar-refractivity contribution in [1.82, 2.24) is 0 Å². The fourth-order valence-corrected chi connectivity index (χ4v) is 1.82. The molecule has 0 unspecified atom stereocenters. The Bertz CT molecular complexity index is 314. The van der Waals surface area contributed by atoms with Crippen LogP contribution in [0.25, 0.3) is 0 Å². The van der Waals surface area contributed by atoms with Gasteiger partial charge < -0.3 is 0 Å². The Balaban J connectivity index is 3.37. The molecule has 72 valence electrons. The summed E-state index contributed by atoms with van der Waals surface area (Å²) in [7, 11) is 0. The summed E-state index contributed by atoms with van der Waals surface area (Å²) in [4.78, 5) is 0. The van der Waals surface area contributed by atoms with Gasteiger partial charge >= 0.3 is 0 Å². The van der Waals surface area contributed by atoms with E-state index in [-0.39, 0.29) is 5.41 Å². The summed E-state index contributed by atoms with van der Waals surface area (Å²) in [5.41, 5.74) is 5.96. The second-order valence-electron chi connectivity index (χ2n) is 5.00. The van der Waals surface area contributed by atoms with Crippen LogP contribution in [0.15, 0.2) is 12.1 Å². The van der Waals surface area contributed by atoms with E-state index >= 15 is 0 Å². The lowest BCUT2D eigenvalue weighted by Gasteiger charge is -2.23. The van der Waals surface area contributed by atoms with Gasteiger partial charge in [0.05, 0.1) is 0 Å². The van der Waals surface area contributed by atoms with E-state index in [1.54, 1.807) is 0 Å². The quantitative estimate of drug-likeness (QED) is 0.562. The Morgan fingerprint density at radius 1 is 0.923 bits per heavy atom. The highest BCUT2D eigenvalue weighted by molar-refractivity contribution is 5.40. The molecular formula is C13H20. The molecule has 0 aliphatic rings. The first-order valence-corrected chi connectivity index (χ1v) is 4.90. The summed E-state index contributed by atoms with van der Waals surface area (Å²) in [6, 6.07) is 4.56. The summed E-state index contributed by atoms with van der Waals surface area (Å²) in [6.45, 7) is 13.4. The standard InChI is InChI=1S/C13H20/c1-9-7-10(2)11(3)12(8-9)13(4,5)6/h7-8H,1-6H3. The molecule has 0 spiro atoms. The number of rotatable bonds is 0. The lowest BCUT2D eigenvalue weighted by atomic mass is 9.82. The van der Waals surface area contributed by atoms with E-state index in [9.17, 15) is 0 Å². The number of benzene rings is 1. The van der Waals surface area contributed by atoms with Gasteiger partial charge in [-0.15, -0.1) is 0 Å². The third-order valence-electron chi connectivity index (χ3n) is 2.62. The van der Waals surface area contributed by atoms with Crippen LogP contribution in [0.3, 0.4) is 0 Å². The van der Waals surface area contributed by atoms with Crippen molar-refractivity contribution in [2.45, 2.75) is 47.0 Å². The highest BCUT2D eigenvalue weighted by Gasteiger charge is 2.17. The van der Waals surface area contributed by atoms with Gasteiger partial charge in [-0.2, -0.15) is 0 Å². The van der Waals surface area contributed by atoms with Crippen molar-refractivity contribution >= 4 is 0 Å². The molecular weight excluding hydrogens is 156 g/mol. The number of aryl methyl sites for hydroxylation is 2. The first-order chi connectivity index (χ1) is 5.82. The van der Waals surface area contributed by atoms with Gasteiger partial charge in [0.1, 0.15) is 0 Å². The van der Waals surface area contributed by atoms with Crippen molar-refractivity contribution in [3.05, 3.63) is 34.4 Å². The highest BCUT2D eigenvalue weighted by atomic mass is 14.2. The normalized spacial score (nSPS) is 11.8. The number of hydrogen-bond donors (Lipinski definition) is 0. The largest absolute Gasteiger partial charge is 0.0561 e. The lowest BCUT2D eigenvalue weighted by Crippen LogP contribution is -2.14. The van der Waals surface area contributed by atoms with Gasteiger partial charge in [-0.1, -0.05) is 38.5 Å². The Morgan fingerprint density at radius 2 is 1.46 bits per heavy atom. The zero-order valence-corrected chi connectivity index (χ0v) is 9.65. The van der Waals surface area contributed by atoms with Gasteiger partial charge in [0, 0.05) is 0 Å². The van der Waals surface area contributed by atoms with E-state index in [1.807, 2.05) is 0 Å². The molecule has 1 aromatic rings. The van der Waals surface area contributed by atoms with Gasteiger partial charge in [0.15, 0.2) is 0 Å². The van der Waals surface area contributed by atoms with Crippen molar-refractivity contribution in [1.29, 1.82) is 0 Å². The predicted molar refractivity (Wildman–Crippen MR) is 59.4 cm³/mol. The van der Waals surface area contributed by atoms with Gasteiger partial charge in [-0.25, -0.2) is 0 Å². The molecule has 0 radical (unpaired) electrons. The molecule has 0 fully saturated rings. The van der Waals surface area contributed by atoms with Crippen LogP contribution in [0.4, 0.5) is 0 Å². The lowest BCUT2D eigenvalue weighted by molar-refractivity contribution is 0.585. The molecule has 1 rings (SSSR count). The molecule has 1 aromatic carbocycles. The first kappa shape index (κ1) is 10.3. The molecule has 0 amide bonds. The third-order valence-corrected chi connectivity index (χ3v) is 2.62. The Hall–Kier alpha value is -0.780. The van der Waals surface area contributed by atoms with Crippen LogP contribution >= 0.6 is 0 Å². The average Bonchev–Trinajstić information content (AvgIpc) is 1.94. The van der Waals surface area contributed by atoms with E-state index in [0.29, 0.717) is 0 Å². The molecule has 0 N–H and O–H groups in total. The molecule has 0 heteroatoms. The minimum absolute atomic E-state index is 0.265. The average molecular weight is 176 g/mol. The Kier molecular flexibility index (Phi) is 2.51. The van der Waals surface area contributed by atoms with Crippen LogP contribution in [0.2, 0.25) is 0 Å². The summed E-state index contributed by atoms with van der Waals surface area (Å²) in [6.07, 6.45) is 0. The maximum Gasteiger partial charge on any atom is -0.0129 e. The van der Waals surface area contributed by atoms with Crippen molar-refractivity contribution in [3.63, 3.8) is 0 Å². The zero-order chi connectivity index (χ0) is 10.2. The fourth-order valence-electron chi connectivity index (χ4n) is 1.82. The van der Waals surface area contributed by atoms with Crippen LogP contribution in [0.1, 0.15) is 43.0 Å². The van der Waals surface area contributed by atoms with Gasteiger partial charge in [-0.3, -0.25) is 0 Å². The summed E-state index contributed by atoms with van der Waals surface area (Å²) in [5, 5.41) is 0. The van der Waals surface area contributed by atoms with Crippen LogP contribution < -0.4 is 0 Å². The minimum Gasteiger partial charge on any atom is -0.0561 e. The van der Waals surface area contributed by atoms with E-state index in [2.05, 4.69) is 53.7 Å². The first-order valence-electron chi connectivity index (χ1n) is 4.90. The van der Waals surface area contributed by atoms with Crippen molar-refractivity contribution in [2.24, 2.45) is 0 Å². The summed E-state index contributed by atoms with van der Waals surface area (Å²) < 4.78 is 0. The number of hydrogen-bond acceptors (Lipinski definition) is 0. The molecule has 0 bridgehead atoms. The topological polar surface area (TPSA) is 0 Å². The minimum atomic E-state index is 0.265. The maximum atomic E-state index is 2.31. The molecule has 0 nitrogen and oxygen atoms in total. The van der Waals surface area contributed by atoms with E-state index in [0.717, 1.165) is 0 Å². The van der Waals surface area contributed by atoms with E-state index in [1.165, 1.54) is 22.3 Å². The third kappa shape index (κ3) is 2.12. The monoisotopic (exact) mass is 176 g/mol. The molecule has 0 saturated heterocycles. The highest BCUT2D eigenvalue weighted by Crippen LogP contribution is 2.28. The molecule has 0 atom stereocenters. The van der Waals surface area contributed by atoms with Gasteiger partial charge in [0.25, 0.3) is 0 Å². The summed E-state index contributed by atoms with van der Waals surface area (Å²) >= 11 is 0. The maximum absolute atomic E-state index is 2.31. The molecule has 0 aromatic heterocycles. The Morgan fingerprint density at radius 3 is 1.92 bits per heavy atom. The molecule has 0 saturated carbocycles. The Labute approximate surface area is 82.0 Å². The van der Waals surface area contributed by atoms with E-state index < -0.39 is 0 Å². The second kappa shape index (κ2) is 3.17. The fraction of sp³-hybridized carbons (Fsp3) is 0.538. The zero-order valence-electron chi connectivity index (χ0n) is 9.65. The van der Waals surface area contributed by atoms with Crippen LogP contribution in [0, 0.1) is 20.8 Å². The molecule has 13 heavy (non-hydrogen) atoms. The van der Waals surface area contributed by atoms with Crippen molar-refractivity contribution in [2.75, 3.05) is 0 Å². The van der Waals surface area contributed by atoms with Gasteiger partial charge in [0.2, 0.25) is 0 Å². The van der Waals surface area contributed by atoms with Crippen LogP contribution in [0.5, 0.6) is 0 Å². The molecule has 0 heterocycles. The summed E-state index contributed by atoms with van der Waals surface area (Å²) in [5.74, 6) is 0. The SMILES string of the molecule is Cc1cc(C)c(C)c(C(C)(C)C)c1. The molecule has 0 aliphatic carbocycles. The second-order valence-corrected chi connectivity index (χ2v) is 5.00. The van der Waals surface area contributed by atoms with Crippen LogP contribution in [-0.2, 0) is 5.41 Å². The smallest absolute Gasteiger partial charge is 0.0129 e. The molecule has 0 aliphatic heterocycles. The van der Waals surface area contributed by atoms with Gasteiger partial charge in [-0.05, 0) is 42.9 Å². The van der Waals surface area contributed by atoms with E-state index in [4.69, 9.17) is 0 Å². The van der Waals surface area contributed by atoms with Crippen molar-refractivity contribution < 1.29 is 0 Å². The van der Waals surface area contributed by atoms with Crippen molar-refractivity contribution in [3.8, 4) is 0 Å². The predicted octanol–water partition coefficient (Wildman–Crippen LogP) is 3.91. The van der Waals surface area contributed by atoms with Crippen LogP contribution in [-0.4, -0.2) is 0 Å².